The number of carbonyl (C=O) groups is 1. The zero-order valence-electron chi connectivity index (χ0n) is 15.2. The van der Waals surface area contributed by atoms with Crippen molar-refractivity contribution < 1.29 is 13.6 Å². The summed E-state index contributed by atoms with van der Waals surface area (Å²) < 4.78 is 22.6. The Kier molecular flexibility index (Phi) is 5.35. The number of pyridine rings is 1. The summed E-state index contributed by atoms with van der Waals surface area (Å²) in [6, 6.07) is 14.5. The average Bonchev–Trinajstić information content (AvgIpc) is 3.35. The van der Waals surface area contributed by atoms with Gasteiger partial charge in [0.25, 0.3) is 5.56 Å². The van der Waals surface area contributed by atoms with Gasteiger partial charge >= 0.3 is 5.91 Å². The Balaban J connectivity index is 1.55. The van der Waals surface area contributed by atoms with Crippen molar-refractivity contribution in [2.45, 2.75) is 13.1 Å². The van der Waals surface area contributed by atoms with Gasteiger partial charge in [-0.2, -0.15) is 4.99 Å². The first-order chi connectivity index (χ1) is 14.1. The number of halogens is 1. The topological polar surface area (TPSA) is 69.5 Å². The summed E-state index contributed by atoms with van der Waals surface area (Å²) in [7, 11) is 0. The maximum absolute atomic E-state index is 13.9. The summed E-state index contributed by atoms with van der Waals surface area (Å²) in [5.41, 5.74) is 0.350. The van der Waals surface area contributed by atoms with Crippen LogP contribution in [0.5, 0.6) is 0 Å². The third kappa shape index (κ3) is 4.33. The van der Waals surface area contributed by atoms with Gasteiger partial charge < -0.3 is 13.6 Å². The van der Waals surface area contributed by atoms with Gasteiger partial charge in [0.05, 0.1) is 13.1 Å². The van der Waals surface area contributed by atoms with Gasteiger partial charge in [0.2, 0.25) is 0 Å². The first-order valence-corrected chi connectivity index (χ1v) is 9.69. The molecule has 0 unspecified atom stereocenters. The van der Waals surface area contributed by atoms with E-state index in [-0.39, 0.29) is 30.2 Å². The molecule has 0 bridgehead atoms. The van der Waals surface area contributed by atoms with Crippen molar-refractivity contribution in [2.24, 2.45) is 4.99 Å². The molecule has 0 saturated carbocycles. The molecule has 8 heteroatoms. The maximum atomic E-state index is 13.9. The molecule has 0 fully saturated rings. The molecule has 0 aliphatic rings. The van der Waals surface area contributed by atoms with Gasteiger partial charge in [-0.3, -0.25) is 9.59 Å². The highest BCUT2D eigenvalue weighted by molar-refractivity contribution is 7.07. The largest absolute Gasteiger partial charge is 0.454 e. The minimum absolute atomic E-state index is 0.0785. The van der Waals surface area contributed by atoms with Gasteiger partial charge in [0.15, 0.2) is 10.6 Å². The zero-order valence-corrected chi connectivity index (χ0v) is 16.0. The van der Waals surface area contributed by atoms with Crippen molar-refractivity contribution >= 4 is 17.2 Å². The van der Waals surface area contributed by atoms with Crippen LogP contribution in [0.1, 0.15) is 21.9 Å². The standard InChI is InChI=1S/C21H16FN3O3S/c22-17-6-2-1-5-15(17)13-25-11-12-29-21(25)23-20(27)18-9-8-16(28-18)14-24-10-4-3-7-19(24)26/h1-12H,13-14H2. The van der Waals surface area contributed by atoms with Crippen LogP contribution in [-0.4, -0.2) is 15.0 Å². The predicted octanol–water partition coefficient (Wildman–Crippen LogP) is 3.28. The van der Waals surface area contributed by atoms with Crippen molar-refractivity contribution in [3.05, 3.63) is 110 Å². The fourth-order valence-corrected chi connectivity index (χ4v) is 3.52. The highest BCUT2D eigenvalue weighted by Gasteiger charge is 2.12. The molecular weight excluding hydrogens is 393 g/mol. The molecule has 1 aromatic carbocycles. The van der Waals surface area contributed by atoms with E-state index in [9.17, 15) is 14.0 Å². The normalized spacial score (nSPS) is 11.7. The number of carbonyl (C=O) groups excluding carboxylic acids is 1. The lowest BCUT2D eigenvalue weighted by Crippen LogP contribution is -2.18. The Hall–Kier alpha value is -3.52. The molecule has 3 heterocycles. The molecule has 0 radical (unpaired) electrons. The number of furan rings is 1. The molecule has 0 aliphatic carbocycles. The number of hydrogen-bond acceptors (Lipinski definition) is 4. The van der Waals surface area contributed by atoms with E-state index >= 15 is 0 Å². The van der Waals surface area contributed by atoms with E-state index in [1.165, 1.54) is 34.1 Å². The lowest BCUT2D eigenvalue weighted by Gasteiger charge is -2.04. The second-order valence-corrected chi connectivity index (χ2v) is 7.13. The van der Waals surface area contributed by atoms with Gasteiger partial charge in [-0.25, -0.2) is 4.39 Å². The Morgan fingerprint density at radius 2 is 1.83 bits per heavy atom. The summed E-state index contributed by atoms with van der Waals surface area (Å²) in [6.07, 6.45) is 3.40. The van der Waals surface area contributed by atoms with Crippen LogP contribution in [0, 0.1) is 5.82 Å². The summed E-state index contributed by atoms with van der Waals surface area (Å²) in [5, 5.41) is 1.78. The lowest BCUT2D eigenvalue weighted by molar-refractivity contribution is 0.0969. The van der Waals surface area contributed by atoms with Crippen molar-refractivity contribution in [2.75, 3.05) is 0 Å². The van der Waals surface area contributed by atoms with E-state index in [4.69, 9.17) is 4.42 Å². The molecule has 6 nitrogen and oxygen atoms in total. The van der Waals surface area contributed by atoms with E-state index in [1.807, 2.05) is 0 Å². The van der Waals surface area contributed by atoms with Crippen LogP contribution in [0.25, 0.3) is 0 Å². The Labute approximate surface area is 168 Å². The molecule has 1 amide bonds. The second-order valence-electron chi connectivity index (χ2n) is 6.25. The van der Waals surface area contributed by atoms with E-state index in [0.29, 0.717) is 16.1 Å². The number of thiazole rings is 1. The van der Waals surface area contributed by atoms with E-state index in [2.05, 4.69) is 4.99 Å². The van der Waals surface area contributed by atoms with Crippen LogP contribution in [0.15, 0.2) is 86.6 Å². The number of amides is 1. The van der Waals surface area contributed by atoms with Crippen LogP contribution < -0.4 is 10.4 Å². The lowest BCUT2D eigenvalue weighted by atomic mass is 10.2. The van der Waals surface area contributed by atoms with Crippen molar-refractivity contribution in [1.82, 2.24) is 9.13 Å². The maximum Gasteiger partial charge on any atom is 0.315 e. The Morgan fingerprint density at radius 1 is 1.00 bits per heavy atom. The van der Waals surface area contributed by atoms with Gasteiger partial charge in [0, 0.05) is 29.4 Å². The average molecular weight is 409 g/mol. The molecule has 4 rings (SSSR count). The summed E-state index contributed by atoms with van der Waals surface area (Å²) >= 11 is 1.27. The molecule has 146 valence electrons. The molecule has 0 saturated heterocycles. The molecule has 0 atom stereocenters. The van der Waals surface area contributed by atoms with E-state index in [0.717, 1.165) is 0 Å². The molecular formula is C21H16FN3O3S. The van der Waals surface area contributed by atoms with Gasteiger partial charge in [-0.05, 0) is 24.3 Å². The zero-order chi connectivity index (χ0) is 20.2. The predicted molar refractivity (Wildman–Crippen MR) is 106 cm³/mol. The van der Waals surface area contributed by atoms with Crippen LogP contribution in [-0.2, 0) is 13.1 Å². The number of rotatable bonds is 5. The van der Waals surface area contributed by atoms with Crippen LogP contribution in [0.2, 0.25) is 0 Å². The number of hydrogen-bond donors (Lipinski definition) is 0. The Bertz CT molecular complexity index is 1280. The van der Waals surface area contributed by atoms with Crippen molar-refractivity contribution in [3.63, 3.8) is 0 Å². The van der Waals surface area contributed by atoms with Crippen molar-refractivity contribution in [1.29, 1.82) is 0 Å². The summed E-state index contributed by atoms with van der Waals surface area (Å²) in [4.78, 5) is 28.9. The first-order valence-electron chi connectivity index (χ1n) is 8.81. The summed E-state index contributed by atoms with van der Waals surface area (Å²) in [5.74, 6) is -0.297. The monoisotopic (exact) mass is 409 g/mol. The number of nitrogens with zero attached hydrogens (tertiary/aromatic N) is 3. The van der Waals surface area contributed by atoms with Gasteiger partial charge in [-0.15, -0.1) is 11.3 Å². The first kappa shape index (κ1) is 18.8. The third-order valence-corrected chi connectivity index (χ3v) is 5.05. The number of aromatic nitrogens is 2. The molecule has 29 heavy (non-hydrogen) atoms. The minimum atomic E-state index is -0.540. The molecule has 0 N–H and O–H groups in total. The van der Waals surface area contributed by atoms with Crippen LogP contribution in [0.4, 0.5) is 4.39 Å². The minimum Gasteiger partial charge on any atom is -0.454 e. The highest BCUT2D eigenvalue weighted by Crippen LogP contribution is 2.11. The van der Waals surface area contributed by atoms with Gasteiger partial charge in [0.1, 0.15) is 11.6 Å². The quantitative estimate of drug-likeness (QED) is 0.508. The van der Waals surface area contributed by atoms with Crippen LogP contribution in [0.3, 0.4) is 0 Å². The smallest absolute Gasteiger partial charge is 0.315 e. The molecule has 3 aromatic heterocycles. The fourth-order valence-electron chi connectivity index (χ4n) is 2.80. The summed E-state index contributed by atoms with van der Waals surface area (Å²) in [6.45, 7) is 0.488. The van der Waals surface area contributed by atoms with Crippen molar-refractivity contribution in [3.8, 4) is 0 Å². The van der Waals surface area contributed by atoms with Gasteiger partial charge in [-0.1, -0.05) is 24.3 Å². The number of benzene rings is 1. The highest BCUT2D eigenvalue weighted by atomic mass is 32.1. The van der Waals surface area contributed by atoms with Crippen LogP contribution >= 0.6 is 11.3 Å². The SMILES string of the molecule is O=C(N=c1sccn1Cc1ccccc1F)c1ccc(Cn2ccccc2=O)o1. The van der Waals surface area contributed by atoms with E-state index in [1.54, 1.807) is 58.7 Å². The molecule has 0 aliphatic heterocycles. The molecule has 4 aromatic rings. The van der Waals surface area contributed by atoms with E-state index < -0.39 is 5.91 Å². The second kappa shape index (κ2) is 8.24. The fraction of sp³-hybridized carbons (Fsp3) is 0.0952. The molecule has 0 spiro atoms. The Morgan fingerprint density at radius 3 is 2.66 bits per heavy atom. The third-order valence-electron chi connectivity index (χ3n) is 4.25.